The zero-order chi connectivity index (χ0) is 27.1. The highest BCUT2D eigenvalue weighted by Crippen LogP contribution is 2.20. The maximum absolute atomic E-state index is 13.5. The van der Waals surface area contributed by atoms with Crippen LogP contribution in [0.4, 0.5) is 11.4 Å². The molecular formula is C27H26N6O5. The van der Waals surface area contributed by atoms with Gasteiger partial charge in [0, 0.05) is 25.2 Å². The van der Waals surface area contributed by atoms with Crippen LogP contribution in [0.1, 0.15) is 21.6 Å². The summed E-state index contributed by atoms with van der Waals surface area (Å²) in [6.45, 7) is 0.0595. The Morgan fingerprint density at radius 1 is 1.05 bits per heavy atom. The quantitative estimate of drug-likeness (QED) is 0.254. The van der Waals surface area contributed by atoms with Crippen LogP contribution in [0.2, 0.25) is 0 Å². The Morgan fingerprint density at radius 3 is 2.42 bits per heavy atom. The lowest BCUT2D eigenvalue weighted by molar-refractivity contribution is -0.385. The number of para-hydroxylation sites is 1. The molecule has 1 heterocycles. The molecule has 0 aliphatic rings. The van der Waals surface area contributed by atoms with Crippen LogP contribution in [-0.2, 0) is 17.8 Å². The number of amides is 2. The number of methoxy groups -OCH3 is 1. The van der Waals surface area contributed by atoms with Crippen molar-refractivity contribution in [1.82, 2.24) is 20.3 Å². The van der Waals surface area contributed by atoms with E-state index in [1.165, 1.54) is 21.8 Å². The third-order valence-corrected chi connectivity index (χ3v) is 5.97. The summed E-state index contributed by atoms with van der Waals surface area (Å²) >= 11 is 0. The summed E-state index contributed by atoms with van der Waals surface area (Å²) in [5.74, 6) is -0.247. The predicted octanol–water partition coefficient (Wildman–Crippen LogP) is 3.25. The molecule has 0 spiro atoms. The van der Waals surface area contributed by atoms with Crippen molar-refractivity contribution in [3.05, 3.63) is 112 Å². The van der Waals surface area contributed by atoms with Gasteiger partial charge in [0.05, 0.1) is 30.3 Å². The van der Waals surface area contributed by atoms with E-state index in [0.717, 1.165) is 5.56 Å². The van der Waals surface area contributed by atoms with Crippen LogP contribution in [0.3, 0.4) is 0 Å². The number of ether oxygens (including phenoxy) is 1. The summed E-state index contributed by atoms with van der Waals surface area (Å²) in [6, 6.07) is 21.8. The molecule has 0 aliphatic heterocycles. The fourth-order valence-electron chi connectivity index (χ4n) is 3.93. The lowest BCUT2D eigenvalue weighted by Gasteiger charge is -2.25. The van der Waals surface area contributed by atoms with E-state index in [-0.39, 0.29) is 30.3 Å². The lowest BCUT2D eigenvalue weighted by Crippen LogP contribution is -2.48. The van der Waals surface area contributed by atoms with E-state index >= 15 is 0 Å². The highest BCUT2D eigenvalue weighted by Gasteiger charge is 2.27. The summed E-state index contributed by atoms with van der Waals surface area (Å²) in [5.41, 5.74) is 1.87. The van der Waals surface area contributed by atoms with E-state index in [0.29, 0.717) is 17.0 Å². The number of nitrogens with zero attached hydrogens (tertiary/aromatic N) is 5. The van der Waals surface area contributed by atoms with Crippen molar-refractivity contribution in [3.63, 3.8) is 0 Å². The fourth-order valence-corrected chi connectivity index (χ4v) is 3.93. The number of nitro benzene ring substituents is 1. The Morgan fingerprint density at radius 2 is 1.74 bits per heavy atom. The molecule has 2 amide bonds. The second-order valence-electron chi connectivity index (χ2n) is 8.50. The molecule has 4 aromatic rings. The van der Waals surface area contributed by atoms with E-state index in [2.05, 4.69) is 15.6 Å². The van der Waals surface area contributed by atoms with Crippen molar-refractivity contribution in [3.8, 4) is 5.75 Å². The van der Waals surface area contributed by atoms with Crippen molar-refractivity contribution in [2.24, 2.45) is 0 Å². The number of likely N-dealkylation sites (N-methyl/N-ethyl adjacent to an activating group) is 1. The Labute approximate surface area is 218 Å². The van der Waals surface area contributed by atoms with Crippen molar-refractivity contribution in [2.75, 3.05) is 19.1 Å². The summed E-state index contributed by atoms with van der Waals surface area (Å²) in [4.78, 5) is 38.9. The van der Waals surface area contributed by atoms with Gasteiger partial charge in [-0.25, -0.2) is 4.68 Å². The summed E-state index contributed by atoms with van der Waals surface area (Å²) in [7, 11) is 3.20. The number of hydrogen-bond donors (Lipinski definition) is 1. The van der Waals surface area contributed by atoms with Gasteiger partial charge in [-0.2, -0.15) is 0 Å². The number of carbonyl (C=O) groups excluding carboxylic acids is 2. The highest BCUT2D eigenvalue weighted by molar-refractivity contribution is 6.01. The van der Waals surface area contributed by atoms with Gasteiger partial charge >= 0.3 is 0 Å². The highest BCUT2D eigenvalue weighted by atomic mass is 16.6. The molecule has 0 unspecified atom stereocenters. The molecule has 0 saturated carbocycles. The summed E-state index contributed by atoms with van der Waals surface area (Å²) in [5, 5.41) is 22.0. The molecule has 1 aromatic heterocycles. The zero-order valence-corrected chi connectivity index (χ0v) is 20.9. The molecule has 194 valence electrons. The van der Waals surface area contributed by atoms with Crippen molar-refractivity contribution in [1.29, 1.82) is 0 Å². The van der Waals surface area contributed by atoms with Gasteiger partial charge in [0.1, 0.15) is 11.8 Å². The smallest absolute Gasteiger partial charge is 0.274 e. The van der Waals surface area contributed by atoms with Crippen molar-refractivity contribution < 1.29 is 19.2 Å². The van der Waals surface area contributed by atoms with Crippen molar-refractivity contribution in [2.45, 2.75) is 19.0 Å². The maximum atomic E-state index is 13.5. The molecule has 1 atom stereocenters. The number of nitro groups is 1. The standard InChI is InChI=1S/C27H26N6O5/c1-31(21-12-14-22(38-2)15-13-21)27(35)23(16-19-8-4-3-5-9-19)28-26(34)24-18-32(30-29-24)17-20-10-6-7-11-25(20)33(36)37/h3-15,18,23H,16-17H2,1-2H3,(H,28,34)/t23-/m0/s1. The molecule has 0 aliphatic carbocycles. The van der Waals surface area contributed by atoms with Gasteiger partial charge < -0.3 is 15.0 Å². The van der Waals surface area contributed by atoms with Crippen LogP contribution >= 0.6 is 0 Å². The third kappa shape index (κ3) is 6.19. The van der Waals surface area contributed by atoms with E-state index in [1.807, 2.05) is 30.3 Å². The van der Waals surface area contributed by atoms with Gasteiger partial charge in [0.15, 0.2) is 5.69 Å². The van der Waals surface area contributed by atoms with Gasteiger partial charge in [0.25, 0.3) is 11.6 Å². The largest absolute Gasteiger partial charge is 0.497 e. The predicted molar refractivity (Wildman–Crippen MR) is 140 cm³/mol. The molecular weight excluding hydrogens is 488 g/mol. The SMILES string of the molecule is COc1ccc(N(C)C(=O)[C@H](Cc2ccccc2)NC(=O)c2cn(Cc3ccccc3[N+](=O)[O-])nn2)cc1. The number of anilines is 1. The summed E-state index contributed by atoms with van der Waals surface area (Å²) in [6.07, 6.45) is 1.65. The Hall–Kier alpha value is -5.06. The van der Waals surface area contributed by atoms with Crippen LogP contribution in [0, 0.1) is 10.1 Å². The van der Waals surface area contributed by atoms with E-state index in [9.17, 15) is 19.7 Å². The summed E-state index contributed by atoms with van der Waals surface area (Å²) < 4.78 is 6.53. The van der Waals surface area contributed by atoms with Crippen LogP contribution in [0.15, 0.2) is 85.1 Å². The second-order valence-corrected chi connectivity index (χ2v) is 8.50. The van der Waals surface area contributed by atoms with Gasteiger partial charge in [-0.05, 0) is 29.8 Å². The Balaban J connectivity index is 1.52. The minimum Gasteiger partial charge on any atom is -0.497 e. The van der Waals surface area contributed by atoms with E-state index < -0.39 is 16.9 Å². The first kappa shape index (κ1) is 26.0. The van der Waals surface area contributed by atoms with Gasteiger partial charge in [-0.1, -0.05) is 53.7 Å². The first-order valence-electron chi connectivity index (χ1n) is 11.7. The number of aromatic nitrogens is 3. The molecule has 4 rings (SSSR count). The first-order valence-corrected chi connectivity index (χ1v) is 11.7. The number of rotatable bonds is 10. The molecule has 0 bridgehead atoms. The monoisotopic (exact) mass is 514 g/mol. The van der Waals surface area contributed by atoms with Gasteiger partial charge in [-0.15, -0.1) is 5.10 Å². The fraction of sp³-hybridized carbons (Fsp3) is 0.185. The van der Waals surface area contributed by atoms with Crippen molar-refractivity contribution >= 4 is 23.2 Å². The first-order chi connectivity index (χ1) is 18.4. The maximum Gasteiger partial charge on any atom is 0.274 e. The molecule has 0 radical (unpaired) electrons. The average molecular weight is 515 g/mol. The van der Waals surface area contributed by atoms with Crippen LogP contribution < -0.4 is 15.0 Å². The minimum atomic E-state index is -0.891. The molecule has 0 saturated heterocycles. The van der Waals surface area contributed by atoms with Crippen LogP contribution in [0.5, 0.6) is 5.75 Å². The zero-order valence-electron chi connectivity index (χ0n) is 20.9. The normalized spacial score (nSPS) is 11.4. The number of nitrogens with one attached hydrogen (secondary N) is 1. The number of carbonyl (C=O) groups is 2. The molecule has 38 heavy (non-hydrogen) atoms. The molecule has 11 nitrogen and oxygen atoms in total. The van der Waals surface area contributed by atoms with E-state index in [1.54, 1.807) is 56.6 Å². The molecule has 0 fully saturated rings. The van der Waals surface area contributed by atoms with Crippen LogP contribution in [0.25, 0.3) is 0 Å². The number of benzene rings is 3. The molecule has 1 N–H and O–H groups in total. The minimum absolute atomic E-state index is 0.0125. The average Bonchev–Trinajstić information content (AvgIpc) is 3.41. The van der Waals surface area contributed by atoms with Gasteiger partial charge in [0.2, 0.25) is 5.91 Å². The Bertz CT molecular complexity index is 1420. The molecule has 3 aromatic carbocycles. The Kier molecular flexibility index (Phi) is 8.07. The lowest BCUT2D eigenvalue weighted by atomic mass is 10.0. The molecule has 11 heteroatoms. The van der Waals surface area contributed by atoms with E-state index in [4.69, 9.17) is 4.74 Å². The van der Waals surface area contributed by atoms with Gasteiger partial charge in [-0.3, -0.25) is 19.7 Å². The second kappa shape index (κ2) is 11.8. The van der Waals surface area contributed by atoms with Crippen LogP contribution in [-0.4, -0.2) is 51.9 Å². The third-order valence-electron chi connectivity index (χ3n) is 5.97. The topological polar surface area (TPSA) is 132 Å². The number of hydrogen-bond acceptors (Lipinski definition) is 7.